The van der Waals surface area contributed by atoms with Crippen LogP contribution in [0, 0.1) is 5.82 Å². The molecule has 0 saturated heterocycles. The number of aromatic nitrogens is 1. The average Bonchev–Trinajstić information content (AvgIpc) is 2.79. The van der Waals surface area contributed by atoms with Crippen LogP contribution in [-0.2, 0) is 13.6 Å². The second kappa shape index (κ2) is 11.4. The number of unbranched alkanes of at least 4 members (excludes halogenated alkanes) is 2. The molecule has 2 aromatic carbocycles. The number of phosphoric acid groups is 1. The van der Waals surface area contributed by atoms with Gasteiger partial charge in [-0.05, 0) is 43.2 Å². The van der Waals surface area contributed by atoms with E-state index in [1.807, 2.05) is 13.8 Å². The summed E-state index contributed by atoms with van der Waals surface area (Å²) in [4.78, 5) is 4.63. The molecule has 0 atom stereocenters. The molecule has 1 aromatic heterocycles. The summed E-state index contributed by atoms with van der Waals surface area (Å²) in [5.41, 5.74) is 1.63. The van der Waals surface area contributed by atoms with E-state index in [0.717, 1.165) is 25.7 Å². The predicted octanol–water partition coefficient (Wildman–Crippen LogP) is 7.17. The molecule has 0 N–H and O–H groups in total. The van der Waals surface area contributed by atoms with Crippen LogP contribution in [0.15, 0.2) is 48.5 Å². The van der Waals surface area contributed by atoms with Gasteiger partial charge in [0.25, 0.3) is 0 Å². The van der Waals surface area contributed by atoms with Crippen LogP contribution >= 0.6 is 7.82 Å². The summed E-state index contributed by atoms with van der Waals surface area (Å²) >= 11 is 0. The molecule has 0 aliphatic heterocycles. The first-order chi connectivity index (χ1) is 15.5. The van der Waals surface area contributed by atoms with Gasteiger partial charge in [0.1, 0.15) is 17.3 Å². The second-order valence-corrected chi connectivity index (χ2v) is 8.90. The summed E-state index contributed by atoms with van der Waals surface area (Å²) in [6.07, 6.45) is 3.22. The summed E-state index contributed by atoms with van der Waals surface area (Å²) in [7, 11) is -2.33. The number of benzene rings is 2. The van der Waals surface area contributed by atoms with Gasteiger partial charge in [0.2, 0.25) is 0 Å². The first-order valence-electron chi connectivity index (χ1n) is 10.8. The SMILES string of the molecule is CCCCOP(=O)(OCCCC)Oc1cc(-c2cccc(F)c2)nc2ccc(OC)cc12. The lowest BCUT2D eigenvalue weighted by Crippen LogP contribution is -2.06. The van der Waals surface area contributed by atoms with Crippen molar-refractivity contribution in [3.8, 4) is 22.8 Å². The molecule has 0 radical (unpaired) electrons. The van der Waals surface area contributed by atoms with Gasteiger partial charge in [-0.15, -0.1) is 0 Å². The third-order valence-corrected chi connectivity index (χ3v) is 6.22. The maximum absolute atomic E-state index is 13.8. The van der Waals surface area contributed by atoms with E-state index in [4.69, 9.17) is 18.3 Å². The molecule has 8 heteroatoms. The molecule has 6 nitrogen and oxygen atoms in total. The number of hydrogen-bond donors (Lipinski definition) is 0. The molecule has 0 spiro atoms. The number of ether oxygens (including phenoxy) is 1. The maximum Gasteiger partial charge on any atom is 0.530 e. The van der Waals surface area contributed by atoms with Crippen LogP contribution in [-0.4, -0.2) is 25.3 Å². The number of pyridine rings is 1. The molecule has 3 rings (SSSR count). The highest BCUT2D eigenvalue weighted by Crippen LogP contribution is 2.51. The fourth-order valence-corrected chi connectivity index (χ4v) is 4.30. The van der Waals surface area contributed by atoms with Gasteiger partial charge in [0, 0.05) is 17.0 Å². The summed E-state index contributed by atoms with van der Waals surface area (Å²) < 4.78 is 49.7. The number of methoxy groups -OCH3 is 1. The van der Waals surface area contributed by atoms with E-state index >= 15 is 0 Å². The van der Waals surface area contributed by atoms with Crippen LogP contribution in [0.4, 0.5) is 4.39 Å². The molecular weight excluding hydrogens is 432 g/mol. The van der Waals surface area contributed by atoms with E-state index in [1.165, 1.54) is 12.1 Å². The van der Waals surface area contributed by atoms with Gasteiger partial charge >= 0.3 is 7.82 Å². The van der Waals surface area contributed by atoms with E-state index in [-0.39, 0.29) is 24.8 Å². The number of nitrogens with zero attached hydrogens (tertiary/aromatic N) is 1. The van der Waals surface area contributed by atoms with Gasteiger partial charge < -0.3 is 9.26 Å². The van der Waals surface area contributed by atoms with Crippen molar-refractivity contribution in [3.63, 3.8) is 0 Å². The third kappa shape index (κ3) is 6.28. The Morgan fingerprint density at radius 2 is 1.69 bits per heavy atom. The lowest BCUT2D eigenvalue weighted by Gasteiger charge is -2.20. The van der Waals surface area contributed by atoms with E-state index < -0.39 is 7.82 Å². The zero-order valence-corrected chi connectivity index (χ0v) is 19.6. The van der Waals surface area contributed by atoms with Gasteiger partial charge in [0.05, 0.1) is 31.5 Å². The van der Waals surface area contributed by atoms with Crippen LogP contribution in [0.1, 0.15) is 39.5 Å². The molecule has 0 bridgehead atoms. The highest BCUT2D eigenvalue weighted by atomic mass is 31.2. The lowest BCUT2D eigenvalue weighted by molar-refractivity contribution is 0.152. The highest BCUT2D eigenvalue weighted by Gasteiger charge is 2.30. The molecule has 0 fully saturated rings. The fraction of sp³-hybridized carbons (Fsp3) is 0.375. The highest BCUT2D eigenvalue weighted by molar-refractivity contribution is 7.48. The number of rotatable bonds is 12. The number of halogens is 1. The molecule has 0 amide bonds. The van der Waals surface area contributed by atoms with Gasteiger partial charge in [-0.3, -0.25) is 9.05 Å². The van der Waals surface area contributed by atoms with Crippen molar-refractivity contribution >= 4 is 18.7 Å². The average molecular weight is 461 g/mol. The summed E-state index contributed by atoms with van der Waals surface area (Å²) in [5, 5.41) is 0.586. The monoisotopic (exact) mass is 461 g/mol. The van der Waals surface area contributed by atoms with Crippen molar-refractivity contribution in [2.24, 2.45) is 0 Å². The predicted molar refractivity (Wildman–Crippen MR) is 124 cm³/mol. The van der Waals surface area contributed by atoms with Crippen LogP contribution in [0.2, 0.25) is 0 Å². The van der Waals surface area contributed by atoms with Crippen molar-refractivity contribution in [2.45, 2.75) is 39.5 Å². The van der Waals surface area contributed by atoms with Crippen LogP contribution in [0.5, 0.6) is 11.5 Å². The summed E-state index contributed by atoms with van der Waals surface area (Å²) in [6, 6.07) is 13.0. The van der Waals surface area contributed by atoms with Crippen molar-refractivity contribution in [2.75, 3.05) is 20.3 Å². The Kier molecular flexibility index (Phi) is 8.62. The quantitative estimate of drug-likeness (QED) is 0.210. The fourth-order valence-electron chi connectivity index (χ4n) is 3.02. The molecular formula is C24H29FNO5P. The van der Waals surface area contributed by atoms with E-state index in [2.05, 4.69) is 4.98 Å². The minimum absolute atomic E-state index is 0.253. The van der Waals surface area contributed by atoms with Crippen molar-refractivity contribution in [1.82, 2.24) is 4.98 Å². The number of hydrogen-bond acceptors (Lipinski definition) is 6. The summed E-state index contributed by atoms with van der Waals surface area (Å²) in [6.45, 7) is 4.54. The second-order valence-electron chi connectivity index (χ2n) is 7.31. The normalized spacial score (nSPS) is 11.6. The van der Waals surface area contributed by atoms with E-state index in [0.29, 0.717) is 27.9 Å². The molecule has 172 valence electrons. The Morgan fingerprint density at radius 3 is 2.31 bits per heavy atom. The Hall–Kier alpha value is -2.47. The van der Waals surface area contributed by atoms with Gasteiger partial charge in [-0.1, -0.05) is 38.8 Å². The minimum Gasteiger partial charge on any atom is -0.497 e. The molecule has 32 heavy (non-hydrogen) atoms. The van der Waals surface area contributed by atoms with Gasteiger partial charge in [0.15, 0.2) is 0 Å². The molecule has 1 heterocycles. The largest absolute Gasteiger partial charge is 0.530 e. The van der Waals surface area contributed by atoms with E-state index in [9.17, 15) is 8.96 Å². The van der Waals surface area contributed by atoms with Gasteiger partial charge in [-0.25, -0.2) is 13.9 Å². The molecule has 3 aromatic rings. The zero-order chi connectivity index (χ0) is 23.0. The van der Waals surface area contributed by atoms with Crippen LogP contribution in [0.3, 0.4) is 0 Å². The smallest absolute Gasteiger partial charge is 0.497 e. The van der Waals surface area contributed by atoms with E-state index in [1.54, 1.807) is 43.5 Å². The summed E-state index contributed by atoms with van der Waals surface area (Å²) in [5.74, 6) is 0.485. The Balaban J connectivity index is 2.06. The first kappa shape index (κ1) is 24.2. The van der Waals surface area contributed by atoms with Crippen LogP contribution < -0.4 is 9.26 Å². The van der Waals surface area contributed by atoms with Crippen molar-refractivity contribution in [3.05, 3.63) is 54.3 Å². The Bertz CT molecular complexity index is 1080. The first-order valence-corrected chi connectivity index (χ1v) is 12.3. The Labute approximate surface area is 188 Å². The lowest BCUT2D eigenvalue weighted by atomic mass is 10.1. The van der Waals surface area contributed by atoms with Crippen LogP contribution in [0.25, 0.3) is 22.2 Å². The van der Waals surface area contributed by atoms with Crippen molar-refractivity contribution in [1.29, 1.82) is 0 Å². The molecule has 0 aliphatic rings. The number of phosphoric ester groups is 1. The molecule has 0 saturated carbocycles. The zero-order valence-electron chi connectivity index (χ0n) is 18.7. The standard InChI is InChI=1S/C24H29FNO5P/c1-4-6-13-29-32(27,30-14-7-5-2)31-24-17-23(18-9-8-10-19(25)15-18)26-22-12-11-20(28-3)16-21(22)24/h8-12,15-17H,4-7,13-14H2,1-3H3. The van der Waals surface area contributed by atoms with Gasteiger partial charge in [-0.2, -0.15) is 0 Å². The maximum atomic E-state index is 13.8. The molecule has 0 aliphatic carbocycles. The minimum atomic E-state index is -3.89. The topological polar surface area (TPSA) is 66.9 Å². The third-order valence-electron chi connectivity index (χ3n) is 4.80. The van der Waals surface area contributed by atoms with Crippen molar-refractivity contribution < 1.29 is 27.3 Å². The number of fused-ring (bicyclic) bond motifs is 1. The molecule has 0 unspecified atom stereocenters. The Morgan fingerprint density at radius 1 is 0.969 bits per heavy atom.